The summed E-state index contributed by atoms with van der Waals surface area (Å²) < 4.78 is 0. The van der Waals surface area contributed by atoms with Gasteiger partial charge in [-0.2, -0.15) is 0 Å². The van der Waals surface area contributed by atoms with Gasteiger partial charge in [0, 0.05) is 31.7 Å². The van der Waals surface area contributed by atoms with E-state index in [9.17, 15) is 5.11 Å². The molecule has 1 N–H and O–H groups in total. The summed E-state index contributed by atoms with van der Waals surface area (Å²) in [6, 6.07) is 17.2. The van der Waals surface area contributed by atoms with E-state index in [4.69, 9.17) is 0 Å². The van der Waals surface area contributed by atoms with Crippen molar-refractivity contribution >= 4 is 0 Å². The van der Waals surface area contributed by atoms with Crippen LogP contribution in [0, 0.1) is 24.7 Å². The van der Waals surface area contributed by atoms with Crippen LogP contribution < -0.4 is 0 Å². The summed E-state index contributed by atoms with van der Waals surface area (Å²) in [7, 11) is 2.23. The Bertz CT molecular complexity index is 886. The lowest BCUT2D eigenvalue weighted by atomic mass is 9.96. The summed E-state index contributed by atoms with van der Waals surface area (Å²) in [5, 5.41) is 9.75. The number of rotatable bonds is 7. The van der Waals surface area contributed by atoms with Gasteiger partial charge in [-0.25, -0.2) is 0 Å². The molecule has 3 heteroatoms. The van der Waals surface area contributed by atoms with Gasteiger partial charge in [0.2, 0.25) is 0 Å². The average molecular weight is 419 g/mol. The fraction of sp³-hybridized carbons (Fsp3) is 0.500. The van der Waals surface area contributed by atoms with Crippen LogP contribution in [0.25, 0.3) is 0 Å². The van der Waals surface area contributed by atoms with Gasteiger partial charge >= 0.3 is 0 Å². The van der Waals surface area contributed by atoms with E-state index in [1.165, 1.54) is 42.6 Å². The van der Waals surface area contributed by atoms with Crippen LogP contribution in [0.3, 0.4) is 0 Å². The number of benzene rings is 2. The predicted octanol–water partition coefficient (Wildman–Crippen LogP) is 4.50. The monoisotopic (exact) mass is 418 g/mol. The Hall–Kier alpha value is -2.12. The van der Waals surface area contributed by atoms with Gasteiger partial charge in [0.25, 0.3) is 0 Å². The molecule has 0 bridgehead atoms. The third-order valence-electron chi connectivity index (χ3n) is 6.05. The highest BCUT2D eigenvalue weighted by molar-refractivity contribution is 5.37. The number of aryl methyl sites for hydroxylation is 1. The van der Waals surface area contributed by atoms with Gasteiger partial charge in [-0.3, -0.25) is 0 Å². The first-order valence-electron chi connectivity index (χ1n) is 11.6. The lowest BCUT2D eigenvalue weighted by molar-refractivity contribution is 0.142. The van der Waals surface area contributed by atoms with E-state index < -0.39 is 5.60 Å². The predicted molar refractivity (Wildman–Crippen MR) is 130 cm³/mol. The zero-order valence-corrected chi connectivity index (χ0v) is 19.7. The van der Waals surface area contributed by atoms with Crippen LogP contribution in [0.4, 0.5) is 0 Å². The van der Waals surface area contributed by atoms with Crippen molar-refractivity contribution in [1.82, 2.24) is 9.80 Å². The van der Waals surface area contributed by atoms with Crippen LogP contribution in [0.1, 0.15) is 48.9 Å². The second kappa shape index (κ2) is 11.0. The third kappa shape index (κ3) is 8.15. The maximum atomic E-state index is 9.75. The summed E-state index contributed by atoms with van der Waals surface area (Å²) in [5.74, 6) is 6.66. The van der Waals surface area contributed by atoms with E-state index in [-0.39, 0.29) is 0 Å². The minimum absolute atomic E-state index is 0.743. The van der Waals surface area contributed by atoms with Crippen LogP contribution in [-0.4, -0.2) is 53.7 Å². The minimum Gasteiger partial charge on any atom is -0.378 e. The molecule has 1 atom stereocenters. The van der Waals surface area contributed by atoms with E-state index in [0.717, 1.165) is 37.5 Å². The van der Waals surface area contributed by atoms with E-state index in [1.807, 2.05) is 0 Å². The van der Waals surface area contributed by atoms with E-state index >= 15 is 0 Å². The van der Waals surface area contributed by atoms with Crippen molar-refractivity contribution < 1.29 is 5.11 Å². The Morgan fingerprint density at radius 2 is 1.87 bits per heavy atom. The highest BCUT2D eigenvalue weighted by atomic mass is 16.3. The standard InChI is InChI=1S/C28H38N2O/c1-23-8-5-6-10-27(23)16-19-30-18-7-9-26(22-30)21-29(4)20-25-13-11-24(12-14-25)15-17-28(2,3)31/h5-6,8,10-14,26,31H,7,9,16,18-22H2,1-4H3. The molecular weight excluding hydrogens is 380 g/mol. The molecule has 0 aromatic heterocycles. The lowest BCUT2D eigenvalue weighted by Crippen LogP contribution is -2.40. The first-order valence-corrected chi connectivity index (χ1v) is 11.6. The molecule has 3 rings (SSSR count). The first-order chi connectivity index (χ1) is 14.8. The van der Waals surface area contributed by atoms with Crippen molar-refractivity contribution in [3.05, 3.63) is 70.8 Å². The Balaban J connectivity index is 1.46. The molecule has 0 spiro atoms. The number of hydrogen-bond donors (Lipinski definition) is 1. The summed E-state index contributed by atoms with van der Waals surface area (Å²) in [6.07, 6.45) is 3.79. The number of aliphatic hydroxyl groups is 1. The van der Waals surface area contributed by atoms with Crippen molar-refractivity contribution in [3.8, 4) is 11.8 Å². The molecular formula is C28H38N2O. The molecule has 1 fully saturated rings. The van der Waals surface area contributed by atoms with Crippen molar-refractivity contribution in [2.45, 2.75) is 52.2 Å². The summed E-state index contributed by atoms with van der Waals surface area (Å²) >= 11 is 0. The Kier molecular flexibility index (Phi) is 8.32. The Morgan fingerprint density at radius 3 is 2.58 bits per heavy atom. The molecule has 166 valence electrons. The lowest BCUT2D eigenvalue weighted by Gasteiger charge is -2.35. The normalized spacial score (nSPS) is 17.4. The highest BCUT2D eigenvalue weighted by Gasteiger charge is 2.21. The molecule has 1 saturated heterocycles. The zero-order chi connectivity index (χ0) is 22.3. The van der Waals surface area contributed by atoms with Crippen LogP contribution in [0.2, 0.25) is 0 Å². The molecule has 2 aromatic carbocycles. The van der Waals surface area contributed by atoms with Crippen LogP contribution in [-0.2, 0) is 13.0 Å². The van der Waals surface area contributed by atoms with Gasteiger partial charge < -0.3 is 14.9 Å². The van der Waals surface area contributed by atoms with Crippen molar-refractivity contribution in [2.75, 3.05) is 33.2 Å². The van der Waals surface area contributed by atoms with Gasteiger partial charge in [-0.15, -0.1) is 0 Å². The van der Waals surface area contributed by atoms with Crippen molar-refractivity contribution in [1.29, 1.82) is 0 Å². The van der Waals surface area contributed by atoms with Gasteiger partial charge in [0.1, 0.15) is 5.60 Å². The molecule has 0 radical (unpaired) electrons. The van der Waals surface area contributed by atoms with Gasteiger partial charge in [-0.1, -0.05) is 48.2 Å². The minimum atomic E-state index is -0.952. The molecule has 1 unspecified atom stereocenters. The molecule has 0 saturated carbocycles. The van der Waals surface area contributed by atoms with Crippen LogP contribution in [0.5, 0.6) is 0 Å². The molecule has 0 amide bonds. The quantitative estimate of drug-likeness (QED) is 0.671. The number of nitrogens with zero attached hydrogens (tertiary/aromatic N) is 2. The van der Waals surface area contributed by atoms with Gasteiger partial charge in [-0.05, 0) is 88.4 Å². The van der Waals surface area contributed by atoms with Gasteiger partial charge in [0.05, 0.1) is 0 Å². The van der Waals surface area contributed by atoms with E-state index in [1.54, 1.807) is 13.8 Å². The fourth-order valence-electron chi connectivity index (χ4n) is 4.41. The Morgan fingerprint density at radius 1 is 1.13 bits per heavy atom. The number of likely N-dealkylation sites (tertiary alicyclic amines) is 1. The summed E-state index contributed by atoms with van der Waals surface area (Å²) in [5.41, 5.74) is 4.20. The van der Waals surface area contributed by atoms with Crippen molar-refractivity contribution in [3.63, 3.8) is 0 Å². The molecule has 0 aliphatic carbocycles. The topological polar surface area (TPSA) is 26.7 Å². The molecule has 31 heavy (non-hydrogen) atoms. The van der Waals surface area contributed by atoms with Crippen molar-refractivity contribution in [2.24, 2.45) is 5.92 Å². The fourth-order valence-corrected chi connectivity index (χ4v) is 4.41. The van der Waals surface area contributed by atoms with Crippen LogP contribution >= 0.6 is 0 Å². The largest absolute Gasteiger partial charge is 0.378 e. The summed E-state index contributed by atoms with van der Waals surface area (Å²) in [4.78, 5) is 5.11. The average Bonchev–Trinajstić information content (AvgIpc) is 2.72. The SMILES string of the molecule is Cc1ccccc1CCN1CCCC(CN(C)Cc2ccc(C#CC(C)(C)O)cc2)C1. The molecule has 1 aliphatic rings. The zero-order valence-electron chi connectivity index (χ0n) is 19.7. The van der Waals surface area contributed by atoms with Gasteiger partial charge in [0.15, 0.2) is 0 Å². The molecule has 3 nitrogen and oxygen atoms in total. The van der Waals surface area contributed by atoms with E-state index in [2.05, 4.69) is 84.1 Å². The highest BCUT2D eigenvalue weighted by Crippen LogP contribution is 2.19. The third-order valence-corrected chi connectivity index (χ3v) is 6.05. The van der Waals surface area contributed by atoms with Crippen LogP contribution in [0.15, 0.2) is 48.5 Å². The Labute approximate surface area is 189 Å². The summed E-state index contributed by atoms with van der Waals surface area (Å²) in [6.45, 7) is 11.3. The molecule has 1 heterocycles. The van der Waals surface area contributed by atoms with E-state index in [0.29, 0.717) is 0 Å². The maximum absolute atomic E-state index is 9.75. The second-order valence-electron chi connectivity index (χ2n) is 9.69. The molecule has 2 aromatic rings. The number of piperidine rings is 1. The molecule has 1 aliphatic heterocycles. The maximum Gasteiger partial charge on any atom is 0.120 e. The first kappa shape index (κ1) is 23.5. The number of hydrogen-bond acceptors (Lipinski definition) is 3. The smallest absolute Gasteiger partial charge is 0.120 e. The second-order valence-corrected chi connectivity index (χ2v) is 9.69.